The minimum absolute atomic E-state index is 0.00631. The third kappa shape index (κ3) is 2.95. The average molecular weight is 226 g/mol. The first kappa shape index (κ1) is 11.9. The zero-order valence-electron chi connectivity index (χ0n) is 9.69. The largest absolute Gasteiger partial charge is 0.391 e. The Morgan fingerprint density at radius 3 is 2.62 bits per heavy atom. The molecule has 4 heteroatoms. The molecule has 2 aliphatic rings. The maximum absolute atomic E-state index is 11.9. The number of carbonyl (C=O) groups excluding carboxylic acids is 1. The van der Waals surface area contributed by atoms with E-state index in [1.165, 1.54) is 0 Å². The Kier molecular flexibility index (Phi) is 3.82. The van der Waals surface area contributed by atoms with Gasteiger partial charge in [0.25, 0.3) is 0 Å². The fourth-order valence-corrected chi connectivity index (χ4v) is 2.47. The lowest BCUT2D eigenvalue weighted by atomic mass is 9.84. The number of rotatable bonds is 4. The zero-order chi connectivity index (χ0) is 11.5. The molecular formula is C12H22N2O2. The molecule has 0 aromatic heterocycles. The van der Waals surface area contributed by atoms with Gasteiger partial charge in [-0.2, -0.15) is 0 Å². The van der Waals surface area contributed by atoms with Gasteiger partial charge < -0.3 is 16.2 Å². The number of nitrogens with one attached hydrogen (secondary N) is 1. The molecule has 0 radical (unpaired) electrons. The molecule has 3 atom stereocenters. The van der Waals surface area contributed by atoms with E-state index in [4.69, 9.17) is 5.73 Å². The Labute approximate surface area is 96.6 Å². The van der Waals surface area contributed by atoms with Crippen molar-refractivity contribution >= 4 is 5.91 Å². The molecule has 0 aromatic carbocycles. The lowest BCUT2D eigenvalue weighted by molar-refractivity contribution is -0.127. The van der Waals surface area contributed by atoms with Gasteiger partial charge in [-0.15, -0.1) is 0 Å². The lowest BCUT2D eigenvalue weighted by Gasteiger charge is -2.27. The smallest absolute Gasteiger partial charge is 0.224 e. The maximum Gasteiger partial charge on any atom is 0.224 e. The second-order valence-corrected chi connectivity index (χ2v) is 5.20. The molecular weight excluding hydrogens is 204 g/mol. The highest BCUT2D eigenvalue weighted by Gasteiger charge is 2.32. The Balaban J connectivity index is 1.73. The van der Waals surface area contributed by atoms with Gasteiger partial charge in [0.2, 0.25) is 5.91 Å². The highest BCUT2D eigenvalue weighted by atomic mass is 16.3. The van der Waals surface area contributed by atoms with E-state index in [0.29, 0.717) is 12.5 Å². The summed E-state index contributed by atoms with van der Waals surface area (Å²) in [5.41, 5.74) is 5.94. The van der Waals surface area contributed by atoms with E-state index in [2.05, 4.69) is 5.32 Å². The average Bonchev–Trinajstić information content (AvgIpc) is 3.10. The van der Waals surface area contributed by atoms with Gasteiger partial charge in [0.05, 0.1) is 12.0 Å². The Morgan fingerprint density at radius 2 is 2.00 bits per heavy atom. The number of aliphatic hydroxyl groups excluding tert-OH is 1. The van der Waals surface area contributed by atoms with Crippen molar-refractivity contribution in [2.75, 3.05) is 6.54 Å². The third-order valence-electron chi connectivity index (χ3n) is 3.81. The summed E-state index contributed by atoms with van der Waals surface area (Å²) >= 11 is 0. The molecule has 0 aromatic rings. The van der Waals surface area contributed by atoms with Crippen LogP contribution in [0, 0.1) is 11.8 Å². The molecule has 2 aliphatic carbocycles. The van der Waals surface area contributed by atoms with E-state index >= 15 is 0 Å². The zero-order valence-corrected chi connectivity index (χ0v) is 9.69. The van der Waals surface area contributed by atoms with Gasteiger partial charge in [-0.25, -0.2) is 0 Å². The molecule has 0 spiro atoms. The first-order valence-corrected chi connectivity index (χ1v) is 6.40. The van der Waals surface area contributed by atoms with E-state index < -0.39 is 0 Å². The second-order valence-electron chi connectivity index (χ2n) is 5.20. The predicted molar refractivity (Wildman–Crippen MR) is 61.7 cm³/mol. The van der Waals surface area contributed by atoms with Crippen LogP contribution in [0.2, 0.25) is 0 Å². The molecule has 2 saturated carbocycles. The molecule has 2 fully saturated rings. The quantitative estimate of drug-likeness (QED) is 0.649. The van der Waals surface area contributed by atoms with Crippen molar-refractivity contribution in [3.05, 3.63) is 0 Å². The van der Waals surface area contributed by atoms with E-state index in [9.17, 15) is 9.90 Å². The molecule has 1 amide bonds. The Morgan fingerprint density at radius 1 is 1.31 bits per heavy atom. The van der Waals surface area contributed by atoms with Crippen molar-refractivity contribution in [1.29, 1.82) is 0 Å². The predicted octanol–water partition coefficient (Wildman–Crippen LogP) is 0.391. The van der Waals surface area contributed by atoms with Gasteiger partial charge in [-0.1, -0.05) is 12.8 Å². The maximum atomic E-state index is 11.9. The first-order chi connectivity index (χ1) is 7.68. The molecule has 3 unspecified atom stereocenters. The van der Waals surface area contributed by atoms with Gasteiger partial charge in [0.15, 0.2) is 0 Å². The Bertz CT molecular complexity index is 253. The van der Waals surface area contributed by atoms with Crippen molar-refractivity contribution < 1.29 is 9.90 Å². The number of nitrogens with two attached hydrogens (primary N) is 1. The third-order valence-corrected chi connectivity index (χ3v) is 3.81. The number of aliphatic hydroxyl groups is 1. The summed E-state index contributed by atoms with van der Waals surface area (Å²) in [6.45, 7) is 0.396. The van der Waals surface area contributed by atoms with Crippen LogP contribution >= 0.6 is 0 Å². The van der Waals surface area contributed by atoms with E-state index in [1.54, 1.807) is 0 Å². The molecule has 2 rings (SSSR count). The van der Waals surface area contributed by atoms with Crippen LogP contribution in [0.4, 0.5) is 0 Å². The summed E-state index contributed by atoms with van der Waals surface area (Å²) in [6, 6.07) is 0.00631. The lowest BCUT2D eigenvalue weighted by Crippen LogP contribution is -2.45. The SMILES string of the molecule is NC1CCCCC1C(=O)NCC(O)C1CC1. The van der Waals surface area contributed by atoms with Gasteiger partial charge >= 0.3 is 0 Å². The molecule has 4 N–H and O–H groups in total. The fraction of sp³-hybridized carbons (Fsp3) is 0.917. The number of hydrogen-bond acceptors (Lipinski definition) is 3. The highest BCUT2D eigenvalue weighted by Crippen LogP contribution is 2.32. The number of carbonyl (C=O) groups is 1. The molecule has 4 nitrogen and oxygen atoms in total. The molecule has 0 heterocycles. The van der Waals surface area contributed by atoms with Crippen molar-refractivity contribution in [1.82, 2.24) is 5.32 Å². The van der Waals surface area contributed by atoms with Crippen LogP contribution < -0.4 is 11.1 Å². The highest BCUT2D eigenvalue weighted by molar-refractivity contribution is 5.79. The minimum atomic E-state index is -0.358. The summed E-state index contributed by atoms with van der Waals surface area (Å²) < 4.78 is 0. The summed E-state index contributed by atoms with van der Waals surface area (Å²) in [4.78, 5) is 11.9. The van der Waals surface area contributed by atoms with Crippen molar-refractivity contribution in [3.8, 4) is 0 Å². The van der Waals surface area contributed by atoms with Crippen molar-refractivity contribution in [2.24, 2.45) is 17.6 Å². The number of amides is 1. The van der Waals surface area contributed by atoms with Crippen LogP contribution in [0.25, 0.3) is 0 Å². The van der Waals surface area contributed by atoms with Gasteiger partial charge in [-0.3, -0.25) is 4.79 Å². The normalized spacial score (nSPS) is 32.1. The molecule has 16 heavy (non-hydrogen) atoms. The van der Waals surface area contributed by atoms with Crippen molar-refractivity contribution in [2.45, 2.75) is 50.7 Å². The van der Waals surface area contributed by atoms with Gasteiger partial charge in [0.1, 0.15) is 0 Å². The van der Waals surface area contributed by atoms with Crippen molar-refractivity contribution in [3.63, 3.8) is 0 Å². The standard InChI is InChI=1S/C12H22N2O2/c13-10-4-2-1-3-9(10)12(16)14-7-11(15)8-5-6-8/h8-11,15H,1-7,13H2,(H,14,16). The second kappa shape index (κ2) is 5.15. The van der Waals surface area contributed by atoms with E-state index in [1.807, 2.05) is 0 Å². The summed E-state index contributed by atoms with van der Waals surface area (Å²) in [5, 5.41) is 12.5. The van der Waals surface area contributed by atoms with Crippen LogP contribution in [0.15, 0.2) is 0 Å². The summed E-state index contributed by atoms with van der Waals surface area (Å²) in [5.74, 6) is 0.410. The van der Waals surface area contributed by atoms with Crippen LogP contribution in [0.3, 0.4) is 0 Å². The van der Waals surface area contributed by atoms with Crippen LogP contribution in [-0.4, -0.2) is 29.7 Å². The van der Waals surface area contributed by atoms with Crippen LogP contribution in [0.1, 0.15) is 38.5 Å². The Hall–Kier alpha value is -0.610. The first-order valence-electron chi connectivity index (χ1n) is 6.40. The molecule has 0 aliphatic heterocycles. The van der Waals surface area contributed by atoms with Crippen LogP contribution in [-0.2, 0) is 4.79 Å². The molecule has 0 saturated heterocycles. The minimum Gasteiger partial charge on any atom is -0.391 e. The van der Waals surface area contributed by atoms with E-state index in [-0.39, 0.29) is 24.0 Å². The monoisotopic (exact) mass is 226 g/mol. The fourth-order valence-electron chi connectivity index (χ4n) is 2.47. The topological polar surface area (TPSA) is 75.4 Å². The number of hydrogen-bond donors (Lipinski definition) is 3. The van der Waals surface area contributed by atoms with Gasteiger partial charge in [0, 0.05) is 12.6 Å². The molecule has 0 bridgehead atoms. The summed E-state index contributed by atoms with van der Waals surface area (Å²) in [7, 11) is 0. The molecule has 92 valence electrons. The van der Waals surface area contributed by atoms with E-state index in [0.717, 1.165) is 38.5 Å². The summed E-state index contributed by atoms with van der Waals surface area (Å²) in [6.07, 6.45) is 5.91. The van der Waals surface area contributed by atoms with Crippen LogP contribution in [0.5, 0.6) is 0 Å². The van der Waals surface area contributed by atoms with Gasteiger partial charge in [-0.05, 0) is 31.6 Å².